The van der Waals surface area contributed by atoms with Gasteiger partial charge >= 0.3 is 10.3 Å². The Kier molecular flexibility index (Phi) is 2.35. The van der Waals surface area contributed by atoms with Crippen LogP contribution >= 0.6 is 0 Å². The molecule has 65 valence electrons. The molecule has 0 amide bonds. The van der Waals surface area contributed by atoms with Crippen LogP contribution in [0, 0.1) is 6.07 Å². The lowest BCUT2D eigenvalue weighted by molar-refractivity contribution is 0.481. The third-order valence-electron chi connectivity index (χ3n) is 1.40. The Balaban J connectivity index is 3.02. The highest BCUT2D eigenvalue weighted by atomic mass is 32.2. The molecule has 1 radical (unpaired) electrons. The zero-order chi connectivity index (χ0) is 9.19. The van der Waals surface area contributed by atoms with E-state index in [0.29, 0.717) is 5.69 Å². The number of anilines is 1. The number of nitrogens with zero attached hydrogens (tertiary/aromatic N) is 1. The van der Waals surface area contributed by atoms with E-state index in [1.54, 1.807) is 18.2 Å². The Morgan fingerprint density at radius 1 is 1.58 bits per heavy atom. The minimum atomic E-state index is -4.14. The van der Waals surface area contributed by atoms with Crippen molar-refractivity contribution in [2.45, 2.75) is 0 Å². The second-order valence-electron chi connectivity index (χ2n) is 2.21. The summed E-state index contributed by atoms with van der Waals surface area (Å²) in [5, 5.41) is 0. The third-order valence-corrected chi connectivity index (χ3v) is 2.30. The van der Waals surface area contributed by atoms with Crippen molar-refractivity contribution in [3.8, 4) is 0 Å². The first kappa shape index (κ1) is 9.02. The van der Waals surface area contributed by atoms with E-state index in [4.69, 9.17) is 4.55 Å². The minimum absolute atomic E-state index is 0.375. The molecule has 0 heterocycles. The fraction of sp³-hybridized carbons (Fsp3) is 0.143. The molecule has 0 aromatic heterocycles. The van der Waals surface area contributed by atoms with E-state index in [1.807, 2.05) is 0 Å². The van der Waals surface area contributed by atoms with Crippen molar-refractivity contribution in [3.05, 3.63) is 30.3 Å². The van der Waals surface area contributed by atoms with Gasteiger partial charge in [0.15, 0.2) is 0 Å². The van der Waals surface area contributed by atoms with Crippen LogP contribution in [0.5, 0.6) is 0 Å². The predicted octanol–water partition coefficient (Wildman–Crippen LogP) is 0.726. The van der Waals surface area contributed by atoms with Gasteiger partial charge in [0.2, 0.25) is 0 Å². The van der Waals surface area contributed by atoms with Gasteiger partial charge in [0.1, 0.15) is 0 Å². The van der Waals surface area contributed by atoms with E-state index < -0.39 is 10.3 Å². The Hall–Kier alpha value is -1.07. The monoisotopic (exact) mass is 186 g/mol. The molecule has 0 atom stereocenters. The molecule has 0 aliphatic heterocycles. The van der Waals surface area contributed by atoms with Crippen LogP contribution in [-0.2, 0) is 10.3 Å². The first-order valence-corrected chi connectivity index (χ1v) is 4.59. The number of hydrogen-bond acceptors (Lipinski definition) is 2. The summed E-state index contributed by atoms with van der Waals surface area (Å²) in [6.07, 6.45) is 0. The predicted molar refractivity (Wildman–Crippen MR) is 45.2 cm³/mol. The Labute approximate surface area is 71.3 Å². The summed E-state index contributed by atoms with van der Waals surface area (Å²) >= 11 is 0. The molecule has 0 saturated carbocycles. The van der Waals surface area contributed by atoms with Gasteiger partial charge < -0.3 is 0 Å². The van der Waals surface area contributed by atoms with Gasteiger partial charge in [-0.15, -0.1) is 0 Å². The lowest BCUT2D eigenvalue weighted by Crippen LogP contribution is -2.25. The molecule has 5 heteroatoms. The van der Waals surface area contributed by atoms with Gasteiger partial charge in [0, 0.05) is 7.05 Å². The minimum Gasteiger partial charge on any atom is -0.269 e. The smallest absolute Gasteiger partial charge is 0.269 e. The lowest BCUT2D eigenvalue weighted by Gasteiger charge is -2.13. The maximum Gasteiger partial charge on any atom is 0.359 e. The van der Waals surface area contributed by atoms with Crippen LogP contribution in [0.1, 0.15) is 0 Å². The first-order valence-electron chi connectivity index (χ1n) is 3.19. The van der Waals surface area contributed by atoms with Crippen LogP contribution in [0.15, 0.2) is 24.3 Å². The average molecular weight is 186 g/mol. The van der Waals surface area contributed by atoms with Gasteiger partial charge in [-0.25, -0.2) is 0 Å². The van der Waals surface area contributed by atoms with Crippen LogP contribution in [0.25, 0.3) is 0 Å². The fourth-order valence-corrected chi connectivity index (χ4v) is 1.09. The molecule has 0 fully saturated rings. The maximum atomic E-state index is 10.6. The summed E-state index contributed by atoms with van der Waals surface area (Å²) in [6.45, 7) is 0. The molecule has 0 bridgehead atoms. The van der Waals surface area contributed by atoms with Gasteiger partial charge in [0.05, 0.1) is 5.69 Å². The van der Waals surface area contributed by atoms with E-state index in [0.717, 1.165) is 4.31 Å². The van der Waals surface area contributed by atoms with Crippen LogP contribution in [0.4, 0.5) is 5.69 Å². The van der Waals surface area contributed by atoms with E-state index in [9.17, 15) is 8.42 Å². The average Bonchev–Trinajstić information content (AvgIpc) is 2.03. The molecular weight excluding hydrogens is 178 g/mol. The topological polar surface area (TPSA) is 57.6 Å². The van der Waals surface area contributed by atoms with Crippen LogP contribution in [0.2, 0.25) is 0 Å². The van der Waals surface area contributed by atoms with E-state index in [-0.39, 0.29) is 0 Å². The maximum absolute atomic E-state index is 10.6. The highest BCUT2D eigenvalue weighted by molar-refractivity contribution is 7.87. The molecule has 1 rings (SSSR count). The highest BCUT2D eigenvalue weighted by Gasteiger charge is 2.12. The van der Waals surface area contributed by atoms with Gasteiger partial charge in [0.25, 0.3) is 0 Å². The van der Waals surface area contributed by atoms with E-state index >= 15 is 0 Å². The van der Waals surface area contributed by atoms with E-state index in [1.165, 1.54) is 13.1 Å². The van der Waals surface area contributed by atoms with Gasteiger partial charge in [-0.05, 0) is 18.2 Å². The quantitative estimate of drug-likeness (QED) is 0.692. The molecule has 12 heavy (non-hydrogen) atoms. The lowest BCUT2D eigenvalue weighted by atomic mass is 10.3. The van der Waals surface area contributed by atoms with Crippen molar-refractivity contribution in [1.29, 1.82) is 0 Å². The SMILES string of the molecule is CN(c1c[c]ccc1)S(=O)(=O)O. The van der Waals surface area contributed by atoms with Crippen LogP contribution < -0.4 is 4.31 Å². The van der Waals surface area contributed by atoms with Crippen molar-refractivity contribution >= 4 is 16.0 Å². The third kappa shape index (κ3) is 1.96. The molecule has 4 nitrogen and oxygen atoms in total. The van der Waals surface area contributed by atoms with Crippen molar-refractivity contribution in [2.75, 3.05) is 11.4 Å². The number of hydrogen-bond donors (Lipinski definition) is 1. The number of rotatable bonds is 2. The molecule has 0 unspecified atom stereocenters. The Morgan fingerprint density at radius 3 is 2.67 bits per heavy atom. The first-order chi connectivity index (χ1) is 5.52. The molecule has 1 N–H and O–H groups in total. The van der Waals surface area contributed by atoms with Gasteiger partial charge in [-0.3, -0.25) is 8.86 Å². The summed E-state index contributed by atoms with van der Waals surface area (Å²) in [6, 6.07) is 9.00. The summed E-state index contributed by atoms with van der Waals surface area (Å²) in [5.74, 6) is 0. The Morgan fingerprint density at radius 2 is 2.25 bits per heavy atom. The Bertz CT molecular complexity index is 346. The second-order valence-corrected chi connectivity index (χ2v) is 3.65. The molecule has 0 aliphatic carbocycles. The van der Waals surface area contributed by atoms with Crippen molar-refractivity contribution in [3.63, 3.8) is 0 Å². The van der Waals surface area contributed by atoms with Crippen molar-refractivity contribution in [2.24, 2.45) is 0 Å². The summed E-state index contributed by atoms with van der Waals surface area (Å²) in [7, 11) is -2.88. The molecule has 0 saturated heterocycles. The largest absolute Gasteiger partial charge is 0.359 e. The van der Waals surface area contributed by atoms with Gasteiger partial charge in [-0.2, -0.15) is 8.42 Å². The highest BCUT2D eigenvalue weighted by Crippen LogP contribution is 2.12. The van der Waals surface area contributed by atoms with E-state index in [2.05, 4.69) is 6.07 Å². The number of benzene rings is 1. The molecule has 0 spiro atoms. The second kappa shape index (κ2) is 3.12. The van der Waals surface area contributed by atoms with Crippen LogP contribution in [-0.4, -0.2) is 20.0 Å². The van der Waals surface area contributed by atoms with Gasteiger partial charge in [-0.1, -0.05) is 12.1 Å². The van der Waals surface area contributed by atoms with Crippen molar-refractivity contribution in [1.82, 2.24) is 0 Å². The van der Waals surface area contributed by atoms with Crippen LogP contribution in [0.3, 0.4) is 0 Å². The molecule has 0 aliphatic rings. The summed E-state index contributed by atoms with van der Waals surface area (Å²) in [4.78, 5) is 0. The molecular formula is C7H8NO3S. The summed E-state index contributed by atoms with van der Waals surface area (Å²) in [5.41, 5.74) is 0.375. The summed E-state index contributed by atoms with van der Waals surface area (Å²) < 4.78 is 30.6. The standard InChI is InChI=1S/C7H8NO3S/c1-8(12(9,10)11)7-5-3-2-4-6-7/h2-3,5-6H,1H3,(H,9,10,11). The normalized spacial score (nSPS) is 11.2. The molecule has 1 aromatic rings. The zero-order valence-corrected chi connectivity index (χ0v) is 7.25. The van der Waals surface area contributed by atoms with Crippen molar-refractivity contribution < 1.29 is 13.0 Å². The molecule has 1 aromatic carbocycles. The zero-order valence-electron chi connectivity index (χ0n) is 6.43. The fourth-order valence-electron chi connectivity index (χ4n) is 0.713.